The van der Waals surface area contributed by atoms with Crippen LogP contribution in [0.15, 0.2) is 60.1 Å². The van der Waals surface area contributed by atoms with Crippen molar-refractivity contribution in [2.24, 2.45) is 5.73 Å². The summed E-state index contributed by atoms with van der Waals surface area (Å²) in [5, 5.41) is 9.45. The lowest BCUT2D eigenvalue weighted by Gasteiger charge is -2.26. The summed E-state index contributed by atoms with van der Waals surface area (Å²) < 4.78 is 27.9. The number of aromatic nitrogens is 1. The zero-order chi connectivity index (χ0) is 26.8. The lowest BCUT2D eigenvalue weighted by Crippen LogP contribution is -2.59. The zero-order valence-corrected chi connectivity index (χ0v) is 22.5. The molecule has 0 spiro atoms. The van der Waals surface area contributed by atoms with Gasteiger partial charge in [-0.25, -0.2) is 8.42 Å². The largest absolute Gasteiger partial charge is 0.361 e. The number of thiophene rings is 1. The van der Waals surface area contributed by atoms with Gasteiger partial charge in [0.15, 0.2) is 0 Å². The van der Waals surface area contributed by atoms with Crippen molar-refractivity contribution in [2.45, 2.75) is 44.4 Å². The van der Waals surface area contributed by atoms with Gasteiger partial charge < -0.3 is 21.4 Å². The minimum absolute atomic E-state index is 0.202. The maximum Gasteiger partial charge on any atom is 0.244 e. The van der Waals surface area contributed by atoms with Gasteiger partial charge in [0.2, 0.25) is 21.8 Å². The smallest absolute Gasteiger partial charge is 0.244 e. The molecule has 6 N–H and O–H groups in total. The summed E-state index contributed by atoms with van der Waals surface area (Å²) >= 11 is 1.55. The van der Waals surface area contributed by atoms with Crippen LogP contribution in [0.25, 0.3) is 21.0 Å². The van der Waals surface area contributed by atoms with E-state index in [4.69, 9.17) is 5.73 Å². The lowest BCUT2D eigenvalue weighted by molar-refractivity contribution is -0.131. The third-order valence-electron chi connectivity index (χ3n) is 5.96. The second-order valence-corrected chi connectivity index (χ2v) is 12.4. The fourth-order valence-electron chi connectivity index (χ4n) is 4.14. The van der Waals surface area contributed by atoms with Gasteiger partial charge in [0.25, 0.3) is 0 Å². The van der Waals surface area contributed by atoms with Crippen molar-refractivity contribution in [3.8, 4) is 0 Å². The Kier molecular flexibility index (Phi) is 7.69. The van der Waals surface area contributed by atoms with Crippen LogP contribution >= 0.6 is 11.3 Å². The minimum Gasteiger partial charge on any atom is -0.361 e. The first-order valence-electron chi connectivity index (χ1n) is 11.8. The summed E-state index contributed by atoms with van der Waals surface area (Å²) in [6.07, 6.45) is 2.31. The Bertz CT molecular complexity index is 1540. The molecule has 37 heavy (non-hydrogen) atoms. The molecular formula is C26H31N5O4S2. The molecule has 0 saturated heterocycles. The van der Waals surface area contributed by atoms with Gasteiger partial charge in [0.05, 0.1) is 18.0 Å². The summed E-state index contributed by atoms with van der Waals surface area (Å²) in [6.45, 7) is 3.12. The summed E-state index contributed by atoms with van der Waals surface area (Å²) in [7, 11) is -3.66. The SMILES string of the molecule is CC(C)(N)C(=O)N[C@H](Cc1csc2ccccc12)C(=O)N[C@H](Cc1c[nH]c2ccccc12)NS(C)(=O)=O. The number of hydrogen-bond donors (Lipinski definition) is 5. The van der Waals surface area contributed by atoms with Crippen LogP contribution in [0.5, 0.6) is 0 Å². The molecule has 9 nitrogen and oxygen atoms in total. The fraction of sp³-hybridized carbons (Fsp3) is 0.308. The van der Waals surface area contributed by atoms with E-state index < -0.39 is 39.6 Å². The van der Waals surface area contributed by atoms with E-state index in [0.717, 1.165) is 38.4 Å². The molecule has 2 amide bonds. The summed E-state index contributed by atoms with van der Waals surface area (Å²) in [5.41, 5.74) is 7.42. The Morgan fingerprint density at radius 2 is 1.68 bits per heavy atom. The lowest BCUT2D eigenvalue weighted by atomic mass is 10.0. The minimum atomic E-state index is -3.66. The fourth-order valence-corrected chi connectivity index (χ4v) is 5.77. The molecule has 11 heteroatoms. The number of benzene rings is 2. The van der Waals surface area contributed by atoms with Crippen LogP contribution in [0.2, 0.25) is 0 Å². The van der Waals surface area contributed by atoms with Crippen molar-refractivity contribution in [1.29, 1.82) is 0 Å². The van der Waals surface area contributed by atoms with Gasteiger partial charge >= 0.3 is 0 Å². The van der Waals surface area contributed by atoms with Gasteiger partial charge in [-0.15, -0.1) is 11.3 Å². The highest BCUT2D eigenvalue weighted by Gasteiger charge is 2.30. The number of rotatable bonds is 10. The Morgan fingerprint density at radius 3 is 2.38 bits per heavy atom. The third-order valence-corrected chi connectivity index (χ3v) is 7.69. The van der Waals surface area contributed by atoms with E-state index in [-0.39, 0.29) is 12.8 Å². The van der Waals surface area contributed by atoms with E-state index in [2.05, 4.69) is 20.3 Å². The molecule has 0 bridgehead atoms. The van der Waals surface area contributed by atoms with Crippen molar-refractivity contribution in [3.05, 3.63) is 71.2 Å². The number of hydrogen-bond acceptors (Lipinski definition) is 6. The third kappa shape index (κ3) is 6.75. The van der Waals surface area contributed by atoms with E-state index in [9.17, 15) is 18.0 Å². The number of carbonyl (C=O) groups excluding carboxylic acids is 2. The van der Waals surface area contributed by atoms with Crippen molar-refractivity contribution in [2.75, 3.05) is 6.26 Å². The predicted octanol–water partition coefficient (Wildman–Crippen LogP) is 2.38. The van der Waals surface area contributed by atoms with Crippen LogP contribution in [0.4, 0.5) is 0 Å². The maximum absolute atomic E-state index is 13.6. The number of nitrogens with one attached hydrogen (secondary N) is 4. The normalized spacial score (nSPS) is 13.9. The van der Waals surface area contributed by atoms with Crippen LogP contribution in [-0.2, 0) is 32.5 Å². The van der Waals surface area contributed by atoms with Gasteiger partial charge in [0, 0.05) is 34.6 Å². The van der Waals surface area contributed by atoms with Crippen molar-refractivity contribution in [1.82, 2.24) is 20.3 Å². The van der Waals surface area contributed by atoms with Crippen LogP contribution in [0.1, 0.15) is 25.0 Å². The molecule has 0 fully saturated rings. The van der Waals surface area contributed by atoms with Crippen molar-refractivity contribution in [3.63, 3.8) is 0 Å². The zero-order valence-electron chi connectivity index (χ0n) is 20.9. The van der Waals surface area contributed by atoms with Gasteiger partial charge in [-0.3, -0.25) is 9.59 Å². The highest BCUT2D eigenvalue weighted by Crippen LogP contribution is 2.27. The average molecular weight is 542 g/mol. The van der Waals surface area contributed by atoms with E-state index in [0.29, 0.717) is 0 Å². The number of carbonyl (C=O) groups is 2. The standard InChI is InChI=1S/C26H31N5O4S2/c1-26(2,27)25(33)29-21(12-17-15-36-22-11-7-5-9-19(17)22)24(32)30-23(31-37(3,34)35)13-16-14-28-20-10-6-4-8-18(16)20/h4-11,14-15,21,23,28,31H,12-13,27H2,1-3H3,(H,29,33)(H,30,32)/t21-,23+/m1/s1. The number of H-pyrrole nitrogens is 1. The molecule has 4 aromatic rings. The molecular weight excluding hydrogens is 510 g/mol. The molecule has 0 saturated carbocycles. The Hall–Kier alpha value is -3.25. The molecule has 2 aromatic heterocycles. The Labute approximate surface area is 219 Å². The highest BCUT2D eigenvalue weighted by atomic mass is 32.2. The molecule has 2 aromatic carbocycles. The Morgan fingerprint density at radius 1 is 1.00 bits per heavy atom. The Balaban J connectivity index is 1.61. The van der Waals surface area contributed by atoms with Crippen LogP contribution < -0.4 is 21.1 Å². The predicted molar refractivity (Wildman–Crippen MR) is 148 cm³/mol. The maximum atomic E-state index is 13.6. The first-order chi connectivity index (χ1) is 17.4. The summed E-state index contributed by atoms with van der Waals surface area (Å²) in [6, 6.07) is 14.5. The number of fused-ring (bicyclic) bond motifs is 2. The second kappa shape index (κ2) is 10.6. The number of sulfonamides is 1. The van der Waals surface area contributed by atoms with Crippen LogP contribution in [0.3, 0.4) is 0 Å². The van der Waals surface area contributed by atoms with Crippen molar-refractivity contribution >= 4 is 54.2 Å². The number of nitrogens with two attached hydrogens (primary N) is 1. The van der Waals surface area contributed by atoms with E-state index in [1.165, 1.54) is 0 Å². The van der Waals surface area contributed by atoms with Gasteiger partial charge in [0.1, 0.15) is 6.04 Å². The van der Waals surface area contributed by atoms with Gasteiger partial charge in [-0.1, -0.05) is 36.4 Å². The molecule has 4 rings (SSSR count). The highest BCUT2D eigenvalue weighted by molar-refractivity contribution is 7.88. The molecule has 0 radical (unpaired) electrons. The van der Waals surface area contributed by atoms with Crippen LogP contribution in [0, 0.1) is 0 Å². The summed E-state index contributed by atoms with van der Waals surface area (Å²) in [4.78, 5) is 29.5. The van der Waals surface area contributed by atoms with Crippen LogP contribution in [-0.4, -0.2) is 49.2 Å². The summed E-state index contributed by atoms with van der Waals surface area (Å²) in [5.74, 6) is -1.01. The number of para-hydroxylation sites is 1. The molecule has 2 heterocycles. The number of amides is 2. The topological polar surface area (TPSA) is 146 Å². The molecule has 0 aliphatic carbocycles. The first-order valence-corrected chi connectivity index (χ1v) is 14.6. The van der Waals surface area contributed by atoms with Gasteiger partial charge in [-0.05, 0) is 47.9 Å². The molecule has 196 valence electrons. The average Bonchev–Trinajstić information content (AvgIpc) is 3.41. The monoisotopic (exact) mass is 541 g/mol. The second-order valence-electron chi connectivity index (χ2n) is 9.72. The van der Waals surface area contributed by atoms with Gasteiger partial charge in [-0.2, -0.15) is 4.72 Å². The number of aromatic amines is 1. The van der Waals surface area contributed by atoms with E-state index in [1.807, 2.05) is 53.9 Å². The molecule has 0 aliphatic heterocycles. The molecule has 0 aliphatic rings. The van der Waals surface area contributed by atoms with E-state index in [1.54, 1.807) is 31.4 Å². The molecule has 0 unspecified atom stereocenters. The first kappa shape index (κ1) is 26.8. The van der Waals surface area contributed by atoms with E-state index >= 15 is 0 Å². The molecule has 2 atom stereocenters. The quantitative estimate of drug-likeness (QED) is 0.196. The van der Waals surface area contributed by atoms with Crippen molar-refractivity contribution < 1.29 is 18.0 Å².